The third-order valence-electron chi connectivity index (χ3n) is 3.91. The first kappa shape index (κ1) is 18.1. The van der Waals surface area contributed by atoms with E-state index in [1.165, 1.54) is 24.9 Å². The van der Waals surface area contributed by atoms with Crippen molar-refractivity contribution in [3.05, 3.63) is 27.9 Å². The van der Waals surface area contributed by atoms with Crippen molar-refractivity contribution in [2.75, 3.05) is 18.6 Å². The predicted octanol–water partition coefficient (Wildman–Crippen LogP) is 0.711. The lowest BCUT2D eigenvalue weighted by Gasteiger charge is -2.26. The molecular weight excluding hydrogens is 338 g/mol. The number of aromatic nitrogens is 1. The van der Waals surface area contributed by atoms with E-state index in [4.69, 9.17) is 4.74 Å². The number of sulfone groups is 1. The zero-order chi connectivity index (χ0) is 18.1. The van der Waals surface area contributed by atoms with E-state index in [0.29, 0.717) is 12.1 Å². The van der Waals surface area contributed by atoms with Gasteiger partial charge < -0.3 is 19.8 Å². The lowest BCUT2D eigenvalue weighted by atomic mass is 10.2. The van der Waals surface area contributed by atoms with E-state index in [-0.39, 0.29) is 17.3 Å². The maximum atomic E-state index is 12.4. The summed E-state index contributed by atoms with van der Waals surface area (Å²) < 4.78 is 28.5. The molecule has 10 heteroatoms. The molecule has 2 atom stereocenters. The summed E-state index contributed by atoms with van der Waals surface area (Å²) in [6, 6.07) is 2.54. The summed E-state index contributed by atoms with van der Waals surface area (Å²) in [5.74, 6) is -1.02. The van der Waals surface area contributed by atoms with Crippen molar-refractivity contribution in [3.8, 4) is 5.75 Å². The van der Waals surface area contributed by atoms with E-state index in [2.05, 4.69) is 4.98 Å². The normalized spacial score (nSPS) is 20.4. The zero-order valence-electron chi connectivity index (χ0n) is 13.6. The zero-order valence-corrected chi connectivity index (χ0v) is 14.4. The van der Waals surface area contributed by atoms with Crippen molar-refractivity contribution in [1.82, 2.24) is 9.88 Å². The lowest BCUT2D eigenvalue weighted by molar-refractivity contribution is -0.390. The van der Waals surface area contributed by atoms with Gasteiger partial charge in [0.05, 0.1) is 11.5 Å². The van der Waals surface area contributed by atoms with Crippen LogP contribution in [0.5, 0.6) is 5.75 Å². The molecule has 1 aliphatic rings. The van der Waals surface area contributed by atoms with E-state index in [0.717, 1.165) is 0 Å². The highest BCUT2D eigenvalue weighted by molar-refractivity contribution is 7.91. The first-order valence-electron chi connectivity index (χ1n) is 7.36. The van der Waals surface area contributed by atoms with Crippen molar-refractivity contribution in [2.45, 2.75) is 32.4 Å². The van der Waals surface area contributed by atoms with Crippen molar-refractivity contribution in [2.24, 2.45) is 0 Å². The van der Waals surface area contributed by atoms with E-state index < -0.39 is 38.6 Å². The standard InChI is InChI=1S/C14H19N3O6S/c1-9-4-5-12(13(15-9)17(19)20)23-10(2)14(18)16(3)11-6-7-24(21,22)8-11/h4-5,10-11H,6-8H2,1-3H3/t10-,11+/m0/s1. The Balaban J connectivity index is 2.11. The molecule has 1 fully saturated rings. The van der Waals surface area contributed by atoms with Crippen molar-refractivity contribution in [1.29, 1.82) is 0 Å². The maximum Gasteiger partial charge on any atom is 0.406 e. The lowest BCUT2D eigenvalue weighted by Crippen LogP contribution is -2.44. The first-order chi connectivity index (χ1) is 11.1. The number of hydrogen-bond donors (Lipinski definition) is 0. The molecule has 1 aromatic heterocycles. The largest absolute Gasteiger partial charge is 0.473 e. The SMILES string of the molecule is Cc1ccc(O[C@@H](C)C(=O)N(C)[C@@H]2CCS(=O)(=O)C2)c([N+](=O)[O-])n1. The van der Waals surface area contributed by atoms with Gasteiger partial charge in [0.15, 0.2) is 15.9 Å². The minimum absolute atomic E-state index is 0.0535. The van der Waals surface area contributed by atoms with Gasteiger partial charge in [-0.1, -0.05) is 0 Å². The quantitative estimate of drug-likeness (QED) is 0.562. The summed E-state index contributed by atoms with van der Waals surface area (Å²) >= 11 is 0. The van der Waals surface area contributed by atoms with Crippen LogP contribution in [0.2, 0.25) is 0 Å². The molecule has 0 saturated carbocycles. The Hall–Kier alpha value is -2.23. The summed E-state index contributed by atoms with van der Waals surface area (Å²) in [5.41, 5.74) is 0.460. The van der Waals surface area contributed by atoms with Crippen LogP contribution < -0.4 is 4.74 Å². The highest BCUT2D eigenvalue weighted by Gasteiger charge is 2.35. The maximum absolute atomic E-state index is 12.4. The predicted molar refractivity (Wildman–Crippen MR) is 85.5 cm³/mol. The summed E-state index contributed by atoms with van der Waals surface area (Å²) in [5, 5.41) is 11.0. The van der Waals surface area contributed by atoms with Crippen molar-refractivity contribution < 1.29 is 22.9 Å². The molecule has 0 aromatic carbocycles. The smallest absolute Gasteiger partial charge is 0.406 e. The Labute approximate surface area is 139 Å². The molecule has 0 bridgehead atoms. The fourth-order valence-electron chi connectivity index (χ4n) is 2.54. The van der Waals surface area contributed by atoms with Gasteiger partial charge in [-0.3, -0.25) is 4.79 Å². The molecule has 24 heavy (non-hydrogen) atoms. The number of carbonyl (C=O) groups is 1. The van der Waals surface area contributed by atoms with Crippen LogP contribution in [-0.4, -0.2) is 59.8 Å². The Kier molecular flexibility index (Phi) is 5.07. The van der Waals surface area contributed by atoms with Crippen LogP contribution in [0.1, 0.15) is 19.0 Å². The third-order valence-corrected chi connectivity index (χ3v) is 5.66. The second-order valence-corrected chi connectivity index (χ2v) is 8.03. The third kappa shape index (κ3) is 3.99. The molecule has 9 nitrogen and oxygen atoms in total. The van der Waals surface area contributed by atoms with Gasteiger partial charge in [0.2, 0.25) is 5.75 Å². The Morgan fingerprint density at radius 2 is 2.17 bits per heavy atom. The topological polar surface area (TPSA) is 120 Å². The molecule has 1 aromatic rings. The number of ether oxygens (including phenoxy) is 1. The molecule has 2 rings (SSSR count). The van der Waals surface area contributed by atoms with Crippen LogP contribution >= 0.6 is 0 Å². The molecular formula is C14H19N3O6S. The fraction of sp³-hybridized carbons (Fsp3) is 0.571. The minimum Gasteiger partial charge on any atom is -0.473 e. The number of hydrogen-bond acceptors (Lipinski definition) is 7. The average molecular weight is 357 g/mol. The Morgan fingerprint density at radius 3 is 2.71 bits per heavy atom. The number of likely N-dealkylation sites (N-methyl/N-ethyl adjacent to an activating group) is 1. The van der Waals surface area contributed by atoms with E-state index in [1.807, 2.05) is 0 Å². The monoisotopic (exact) mass is 357 g/mol. The summed E-state index contributed by atoms with van der Waals surface area (Å²) in [7, 11) is -1.61. The number of rotatable bonds is 5. The second kappa shape index (κ2) is 6.71. The van der Waals surface area contributed by atoms with Gasteiger partial charge in [0.1, 0.15) is 5.69 Å². The van der Waals surface area contributed by atoms with Crippen LogP contribution in [0.15, 0.2) is 12.1 Å². The number of nitro groups is 1. The first-order valence-corrected chi connectivity index (χ1v) is 9.18. The Bertz CT molecular complexity index is 764. The number of nitrogens with zero attached hydrogens (tertiary/aromatic N) is 3. The number of pyridine rings is 1. The van der Waals surface area contributed by atoms with Crippen LogP contribution in [0.4, 0.5) is 5.82 Å². The van der Waals surface area contributed by atoms with Crippen LogP contribution in [0, 0.1) is 17.0 Å². The molecule has 1 amide bonds. The van der Waals surface area contributed by atoms with Crippen molar-refractivity contribution >= 4 is 21.6 Å². The molecule has 0 N–H and O–H groups in total. The molecule has 0 radical (unpaired) electrons. The summed E-state index contributed by atoms with van der Waals surface area (Å²) in [4.78, 5) is 27.9. The highest BCUT2D eigenvalue weighted by Crippen LogP contribution is 2.26. The highest BCUT2D eigenvalue weighted by atomic mass is 32.2. The number of carbonyl (C=O) groups excluding carboxylic acids is 1. The Morgan fingerprint density at radius 1 is 1.50 bits per heavy atom. The van der Waals surface area contributed by atoms with E-state index in [1.54, 1.807) is 13.0 Å². The second-order valence-electron chi connectivity index (χ2n) is 5.80. The van der Waals surface area contributed by atoms with Gasteiger partial charge in [-0.2, -0.15) is 0 Å². The van der Waals surface area contributed by atoms with Crippen molar-refractivity contribution in [3.63, 3.8) is 0 Å². The minimum atomic E-state index is -3.12. The van der Waals surface area contributed by atoms with Crippen LogP contribution in [0.25, 0.3) is 0 Å². The van der Waals surface area contributed by atoms with Gasteiger partial charge >= 0.3 is 5.82 Å². The molecule has 0 unspecified atom stereocenters. The number of aryl methyl sites for hydroxylation is 1. The summed E-state index contributed by atoms with van der Waals surface area (Å²) in [6.45, 7) is 3.07. The molecule has 0 aliphatic carbocycles. The van der Waals surface area contributed by atoms with Gasteiger partial charge in [-0.25, -0.2) is 8.42 Å². The summed E-state index contributed by atoms with van der Waals surface area (Å²) in [6.07, 6.45) is -0.620. The molecule has 0 spiro atoms. The molecule has 132 valence electrons. The van der Waals surface area contributed by atoms with Gasteiger partial charge in [0.25, 0.3) is 5.91 Å². The van der Waals surface area contributed by atoms with Gasteiger partial charge in [-0.15, -0.1) is 0 Å². The van der Waals surface area contributed by atoms with Gasteiger partial charge in [-0.05, 0) is 35.4 Å². The molecule has 2 heterocycles. The molecule has 1 saturated heterocycles. The van der Waals surface area contributed by atoms with Crippen LogP contribution in [-0.2, 0) is 14.6 Å². The van der Waals surface area contributed by atoms with Crippen LogP contribution in [0.3, 0.4) is 0 Å². The molecule has 1 aliphatic heterocycles. The number of amides is 1. The fourth-order valence-corrected chi connectivity index (χ4v) is 4.32. The average Bonchev–Trinajstić information content (AvgIpc) is 2.87. The van der Waals surface area contributed by atoms with E-state index >= 15 is 0 Å². The van der Waals surface area contributed by atoms with E-state index in [9.17, 15) is 23.3 Å². The van der Waals surface area contributed by atoms with Gasteiger partial charge in [0, 0.05) is 20.0 Å².